The number of aliphatic hydroxyl groups excluding tert-OH is 1. The molecule has 2 unspecified atom stereocenters. The number of rotatable bonds is 3. The highest BCUT2D eigenvalue weighted by molar-refractivity contribution is 7.13. The van der Waals surface area contributed by atoms with Gasteiger partial charge in [-0.15, -0.1) is 5.10 Å². The smallest absolute Gasteiger partial charge is 0.294 e. The van der Waals surface area contributed by atoms with Crippen LogP contribution >= 0.6 is 11.3 Å². The van der Waals surface area contributed by atoms with Gasteiger partial charge in [-0.2, -0.15) is 0 Å². The van der Waals surface area contributed by atoms with Crippen molar-refractivity contribution in [2.75, 3.05) is 0 Å². The molecule has 5 heteroatoms. The largest absolute Gasteiger partial charge is 0.466 e. The second-order valence-corrected chi connectivity index (χ2v) is 6.80. The predicted molar refractivity (Wildman–Crippen MR) is 67.0 cm³/mol. The number of ether oxygens (including phenoxy) is 1. The van der Waals surface area contributed by atoms with E-state index in [1.165, 1.54) is 17.8 Å². The molecule has 96 valence electrons. The molecule has 1 aromatic heterocycles. The average molecular weight is 256 g/mol. The Morgan fingerprint density at radius 3 is 2.76 bits per heavy atom. The molecule has 1 aromatic rings. The van der Waals surface area contributed by atoms with E-state index >= 15 is 0 Å². The summed E-state index contributed by atoms with van der Waals surface area (Å²) in [4.78, 5) is 0. The van der Waals surface area contributed by atoms with Gasteiger partial charge in [0, 0.05) is 0 Å². The maximum atomic E-state index is 8.93. The summed E-state index contributed by atoms with van der Waals surface area (Å²) in [5, 5.41) is 17.9. The predicted octanol–water partition coefficient (Wildman–Crippen LogP) is 2.62. The van der Waals surface area contributed by atoms with Gasteiger partial charge in [0.05, 0.1) is 6.61 Å². The Labute approximate surface area is 106 Å². The summed E-state index contributed by atoms with van der Waals surface area (Å²) in [5.74, 6) is 0.689. The molecule has 1 aliphatic rings. The highest BCUT2D eigenvalue weighted by Gasteiger charge is 2.33. The van der Waals surface area contributed by atoms with Gasteiger partial charge in [-0.3, -0.25) is 0 Å². The van der Waals surface area contributed by atoms with E-state index in [2.05, 4.69) is 31.0 Å². The molecule has 2 atom stereocenters. The van der Waals surface area contributed by atoms with Crippen molar-refractivity contribution in [2.24, 2.45) is 11.3 Å². The van der Waals surface area contributed by atoms with Gasteiger partial charge in [-0.1, -0.05) is 37.2 Å². The molecule has 17 heavy (non-hydrogen) atoms. The monoisotopic (exact) mass is 256 g/mol. The molecule has 1 heterocycles. The first-order valence-electron chi connectivity index (χ1n) is 6.08. The maximum Gasteiger partial charge on any atom is 0.294 e. The summed E-state index contributed by atoms with van der Waals surface area (Å²) < 4.78 is 5.88. The Kier molecular flexibility index (Phi) is 3.68. The molecular formula is C12H20N2O2S. The van der Waals surface area contributed by atoms with Crippen molar-refractivity contribution in [3.63, 3.8) is 0 Å². The number of hydrogen-bond donors (Lipinski definition) is 1. The van der Waals surface area contributed by atoms with E-state index < -0.39 is 0 Å². The van der Waals surface area contributed by atoms with Gasteiger partial charge in [-0.25, -0.2) is 0 Å². The molecule has 0 spiro atoms. The summed E-state index contributed by atoms with van der Waals surface area (Å²) in [6, 6.07) is 0. The summed E-state index contributed by atoms with van der Waals surface area (Å²) in [5.41, 5.74) is 0.340. The van der Waals surface area contributed by atoms with Crippen LogP contribution in [-0.4, -0.2) is 21.4 Å². The van der Waals surface area contributed by atoms with Gasteiger partial charge in [0.2, 0.25) is 0 Å². The van der Waals surface area contributed by atoms with Crippen molar-refractivity contribution in [3.05, 3.63) is 5.01 Å². The normalized spacial score (nSPS) is 28.0. The molecular weight excluding hydrogens is 236 g/mol. The van der Waals surface area contributed by atoms with Crippen molar-refractivity contribution in [1.29, 1.82) is 0 Å². The topological polar surface area (TPSA) is 55.2 Å². The number of aromatic nitrogens is 2. The fourth-order valence-electron chi connectivity index (χ4n) is 2.84. The maximum absolute atomic E-state index is 8.93. The van der Waals surface area contributed by atoms with Crippen LogP contribution in [0.2, 0.25) is 0 Å². The van der Waals surface area contributed by atoms with Gasteiger partial charge in [0.1, 0.15) is 11.1 Å². The molecule has 1 saturated carbocycles. The van der Waals surface area contributed by atoms with E-state index in [-0.39, 0.29) is 12.7 Å². The highest BCUT2D eigenvalue weighted by atomic mass is 32.1. The number of aliphatic hydroxyl groups is 1. The molecule has 0 aliphatic heterocycles. The van der Waals surface area contributed by atoms with Gasteiger partial charge < -0.3 is 9.84 Å². The van der Waals surface area contributed by atoms with Crippen molar-refractivity contribution >= 4 is 11.3 Å². The Bertz CT molecular complexity index is 378. The van der Waals surface area contributed by atoms with Crippen LogP contribution in [0.15, 0.2) is 0 Å². The van der Waals surface area contributed by atoms with E-state index in [1.807, 2.05) is 0 Å². The fourth-order valence-corrected chi connectivity index (χ4v) is 3.45. The van der Waals surface area contributed by atoms with E-state index in [1.54, 1.807) is 0 Å². The lowest BCUT2D eigenvalue weighted by Crippen LogP contribution is -2.34. The first kappa shape index (κ1) is 12.8. The first-order chi connectivity index (χ1) is 7.98. The van der Waals surface area contributed by atoms with E-state index in [0.29, 0.717) is 21.5 Å². The molecule has 0 amide bonds. The minimum atomic E-state index is -0.0619. The minimum absolute atomic E-state index is 0.0619. The van der Waals surface area contributed by atoms with E-state index in [0.717, 1.165) is 12.8 Å². The van der Waals surface area contributed by atoms with E-state index in [4.69, 9.17) is 9.84 Å². The second-order valence-electron chi connectivity index (χ2n) is 5.77. The standard InChI is InChI=1S/C12H20N2O2S/c1-8-4-9(6-12(2,3)5-8)16-11-14-13-10(7-15)17-11/h8-9,15H,4-7H2,1-3H3. The zero-order valence-electron chi connectivity index (χ0n) is 10.6. The van der Waals surface area contributed by atoms with Crippen molar-refractivity contribution < 1.29 is 9.84 Å². The zero-order valence-corrected chi connectivity index (χ0v) is 11.5. The quantitative estimate of drug-likeness (QED) is 0.903. The van der Waals surface area contributed by atoms with Crippen molar-refractivity contribution in [2.45, 2.75) is 52.7 Å². The third-order valence-corrected chi connectivity index (χ3v) is 4.00. The van der Waals surface area contributed by atoms with Crippen LogP contribution in [0.5, 0.6) is 5.19 Å². The van der Waals surface area contributed by atoms with Crippen LogP contribution < -0.4 is 4.74 Å². The first-order valence-corrected chi connectivity index (χ1v) is 6.90. The lowest BCUT2D eigenvalue weighted by atomic mass is 9.71. The summed E-state index contributed by atoms with van der Waals surface area (Å²) in [6.07, 6.45) is 3.63. The van der Waals surface area contributed by atoms with Crippen LogP contribution in [0.1, 0.15) is 45.0 Å². The number of nitrogens with zero attached hydrogens (tertiary/aromatic N) is 2. The zero-order chi connectivity index (χ0) is 12.5. The highest BCUT2D eigenvalue weighted by Crippen LogP contribution is 2.40. The van der Waals surface area contributed by atoms with Crippen LogP contribution in [-0.2, 0) is 6.61 Å². The molecule has 1 aliphatic carbocycles. The molecule has 0 radical (unpaired) electrons. The van der Waals surface area contributed by atoms with Gasteiger partial charge in [-0.05, 0) is 30.6 Å². The molecule has 0 bridgehead atoms. The van der Waals surface area contributed by atoms with Gasteiger partial charge >= 0.3 is 0 Å². The lowest BCUT2D eigenvalue weighted by molar-refractivity contribution is 0.0556. The summed E-state index contributed by atoms with van der Waals surface area (Å²) in [6.45, 7) is 6.79. The Morgan fingerprint density at radius 2 is 2.18 bits per heavy atom. The molecule has 2 rings (SSSR count). The minimum Gasteiger partial charge on any atom is -0.466 e. The average Bonchev–Trinajstić information content (AvgIpc) is 2.62. The third-order valence-electron chi connectivity index (χ3n) is 3.20. The Morgan fingerprint density at radius 1 is 1.41 bits per heavy atom. The molecule has 1 N–H and O–H groups in total. The molecule has 0 aromatic carbocycles. The summed E-state index contributed by atoms with van der Waals surface area (Å²) in [7, 11) is 0. The third kappa shape index (κ3) is 3.39. The molecule has 4 nitrogen and oxygen atoms in total. The van der Waals surface area contributed by atoms with Crippen LogP contribution in [0.25, 0.3) is 0 Å². The van der Waals surface area contributed by atoms with Crippen molar-refractivity contribution in [3.8, 4) is 5.19 Å². The Balaban J connectivity index is 1.98. The van der Waals surface area contributed by atoms with Gasteiger partial charge in [0.15, 0.2) is 0 Å². The van der Waals surface area contributed by atoms with Crippen LogP contribution in [0, 0.1) is 11.3 Å². The van der Waals surface area contributed by atoms with Crippen molar-refractivity contribution in [1.82, 2.24) is 10.2 Å². The van der Waals surface area contributed by atoms with Crippen LogP contribution in [0.4, 0.5) is 0 Å². The Hall–Kier alpha value is -0.680. The molecule has 1 fully saturated rings. The SMILES string of the molecule is CC1CC(Oc2nnc(CO)s2)CC(C)(C)C1. The van der Waals surface area contributed by atoms with Crippen LogP contribution in [0.3, 0.4) is 0 Å². The lowest BCUT2D eigenvalue weighted by Gasteiger charge is -2.38. The fraction of sp³-hybridized carbons (Fsp3) is 0.833. The summed E-state index contributed by atoms with van der Waals surface area (Å²) >= 11 is 1.33. The van der Waals surface area contributed by atoms with E-state index in [9.17, 15) is 0 Å². The second kappa shape index (κ2) is 4.90. The number of hydrogen-bond acceptors (Lipinski definition) is 5. The molecule has 0 saturated heterocycles. The van der Waals surface area contributed by atoms with Gasteiger partial charge in [0.25, 0.3) is 5.19 Å².